The third-order valence-electron chi connectivity index (χ3n) is 6.26. The number of nitrogens with one attached hydrogen (secondary N) is 3. The quantitative estimate of drug-likeness (QED) is 0.179. The van der Waals surface area contributed by atoms with Crippen molar-refractivity contribution in [2.75, 3.05) is 6.54 Å². The van der Waals surface area contributed by atoms with Crippen LogP contribution < -0.4 is 10.8 Å². The minimum absolute atomic E-state index is 0.532. The van der Waals surface area contributed by atoms with Crippen molar-refractivity contribution >= 4 is 22.9 Å². The minimum atomic E-state index is -0.532. The van der Waals surface area contributed by atoms with Gasteiger partial charge in [-0.15, -0.1) is 0 Å². The Balaban J connectivity index is 1.36. The fourth-order valence-electron chi connectivity index (χ4n) is 4.63. The topological polar surface area (TPSA) is 77.2 Å². The van der Waals surface area contributed by atoms with Crippen LogP contribution in [0.2, 0.25) is 0 Å². The number of aromatic amines is 1. The molecule has 3 aromatic rings. The summed E-state index contributed by atoms with van der Waals surface area (Å²) in [5.41, 5.74) is 7.92. The first-order valence-electron chi connectivity index (χ1n) is 11.3. The van der Waals surface area contributed by atoms with Gasteiger partial charge in [-0.1, -0.05) is 61.7 Å². The fourth-order valence-corrected chi connectivity index (χ4v) is 4.63. The number of para-hydroxylation sites is 1. The lowest BCUT2D eigenvalue weighted by Gasteiger charge is -2.22. The molecule has 0 saturated heterocycles. The second-order valence-corrected chi connectivity index (χ2v) is 8.38. The van der Waals surface area contributed by atoms with Gasteiger partial charge in [-0.3, -0.25) is 10.0 Å². The van der Waals surface area contributed by atoms with Gasteiger partial charge in [-0.2, -0.15) is 0 Å². The minimum Gasteiger partial charge on any atom is -0.358 e. The predicted octanol–water partition coefficient (Wildman–Crippen LogP) is 5.07. The van der Waals surface area contributed by atoms with Gasteiger partial charge in [-0.05, 0) is 60.6 Å². The number of benzene rings is 2. The highest BCUT2D eigenvalue weighted by Crippen LogP contribution is 2.36. The summed E-state index contributed by atoms with van der Waals surface area (Å²) >= 11 is 0. The summed E-state index contributed by atoms with van der Waals surface area (Å²) in [5, 5.41) is 13.5. The second-order valence-electron chi connectivity index (χ2n) is 8.38. The standard InChI is InChI=1S/C26H31N3O2/c30-25(29-31)15-14-19-10-12-20(13-11-19)18-27-17-16-23-22-8-4-5-9-24(22)28-26(23)21-6-2-1-3-7-21/h4-5,8-15,21,27-28,31H,1-3,6-7,16-18H2,(H,29,30)/b15-14+. The van der Waals surface area contributed by atoms with Crippen molar-refractivity contribution in [3.05, 3.63) is 77.0 Å². The highest BCUT2D eigenvalue weighted by Gasteiger charge is 2.21. The predicted molar refractivity (Wildman–Crippen MR) is 125 cm³/mol. The molecule has 1 heterocycles. The van der Waals surface area contributed by atoms with Gasteiger partial charge in [-0.25, -0.2) is 5.48 Å². The highest BCUT2D eigenvalue weighted by atomic mass is 16.5. The molecule has 4 rings (SSSR count). The maximum Gasteiger partial charge on any atom is 0.267 e. The lowest BCUT2D eigenvalue weighted by Crippen LogP contribution is -2.17. The molecule has 162 valence electrons. The Labute approximate surface area is 183 Å². The molecular formula is C26H31N3O2. The zero-order valence-corrected chi connectivity index (χ0v) is 17.9. The molecule has 0 atom stereocenters. The molecule has 31 heavy (non-hydrogen) atoms. The number of amides is 1. The summed E-state index contributed by atoms with van der Waals surface area (Å²) in [6.07, 6.45) is 10.7. The Morgan fingerprint density at radius 3 is 2.61 bits per heavy atom. The van der Waals surface area contributed by atoms with Crippen molar-refractivity contribution < 1.29 is 10.0 Å². The van der Waals surface area contributed by atoms with E-state index in [4.69, 9.17) is 5.21 Å². The smallest absolute Gasteiger partial charge is 0.267 e. The average molecular weight is 418 g/mol. The van der Waals surface area contributed by atoms with E-state index in [2.05, 4.69) is 46.7 Å². The van der Waals surface area contributed by atoms with Crippen LogP contribution in [0.4, 0.5) is 0 Å². The monoisotopic (exact) mass is 417 g/mol. The number of fused-ring (bicyclic) bond motifs is 1. The van der Waals surface area contributed by atoms with Gasteiger partial charge in [0.15, 0.2) is 0 Å². The van der Waals surface area contributed by atoms with Crippen LogP contribution in [0.3, 0.4) is 0 Å². The van der Waals surface area contributed by atoms with Crippen molar-refractivity contribution in [3.8, 4) is 0 Å². The lowest BCUT2D eigenvalue weighted by molar-refractivity contribution is -0.124. The van der Waals surface area contributed by atoms with E-state index in [0.29, 0.717) is 5.92 Å². The maximum absolute atomic E-state index is 11.1. The van der Waals surface area contributed by atoms with E-state index in [9.17, 15) is 4.79 Å². The number of carbonyl (C=O) groups excluding carboxylic acids is 1. The molecule has 1 amide bonds. The molecule has 0 aliphatic heterocycles. The Bertz CT molecular complexity index is 1030. The zero-order chi connectivity index (χ0) is 21.5. The maximum atomic E-state index is 11.1. The number of aromatic nitrogens is 1. The van der Waals surface area contributed by atoms with Gasteiger partial charge < -0.3 is 10.3 Å². The molecule has 2 aromatic carbocycles. The Morgan fingerprint density at radius 1 is 1.06 bits per heavy atom. The van der Waals surface area contributed by atoms with E-state index >= 15 is 0 Å². The molecule has 0 bridgehead atoms. The van der Waals surface area contributed by atoms with Crippen LogP contribution in [-0.4, -0.2) is 22.6 Å². The van der Waals surface area contributed by atoms with Crippen LogP contribution in [0.1, 0.15) is 60.4 Å². The number of hydroxylamine groups is 1. The average Bonchev–Trinajstić information content (AvgIpc) is 3.20. The van der Waals surface area contributed by atoms with Crippen molar-refractivity contribution in [1.82, 2.24) is 15.8 Å². The van der Waals surface area contributed by atoms with Gasteiger partial charge in [0.05, 0.1) is 0 Å². The van der Waals surface area contributed by atoms with E-state index in [-0.39, 0.29) is 0 Å². The van der Waals surface area contributed by atoms with Crippen molar-refractivity contribution in [2.24, 2.45) is 0 Å². The van der Waals surface area contributed by atoms with E-state index in [1.807, 2.05) is 12.1 Å². The highest BCUT2D eigenvalue weighted by molar-refractivity contribution is 5.90. The SMILES string of the molecule is O=C(/C=C/c1ccc(CNCCc2c(C3CCCCC3)[nH]c3ccccc23)cc1)NO. The molecule has 0 spiro atoms. The summed E-state index contributed by atoms with van der Waals surface area (Å²) < 4.78 is 0. The van der Waals surface area contributed by atoms with Gasteiger partial charge in [0.25, 0.3) is 5.91 Å². The molecule has 1 saturated carbocycles. The Hall–Kier alpha value is -2.89. The second kappa shape index (κ2) is 10.4. The van der Waals surface area contributed by atoms with Gasteiger partial charge in [0.1, 0.15) is 0 Å². The summed E-state index contributed by atoms with van der Waals surface area (Å²) in [7, 11) is 0. The van der Waals surface area contributed by atoms with Crippen LogP contribution in [-0.2, 0) is 17.8 Å². The number of hydrogen-bond acceptors (Lipinski definition) is 3. The summed E-state index contributed by atoms with van der Waals surface area (Å²) in [4.78, 5) is 14.8. The van der Waals surface area contributed by atoms with Gasteiger partial charge in [0.2, 0.25) is 0 Å². The molecule has 1 aliphatic carbocycles. The van der Waals surface area contributed by atoms with Gasteiger partial charge in [0, 0.05) is 29.2 Å². The Kier molecular flexibility index (Phi) is 7.18. The zero-order valence-electron chi connectivity index (χ0n) is 17.9. The fraction of sp³-hybridized carbons (Fsp3) is 0.346. The van der Waals surface area contributed by atoms with E-state index in [0.717, 1.165) is 25.1 Å². The molecule has 4 N–H and O–H groups in total. The Morgan fingerprint density at radius 2 is 1.84 bits per heavy atom. The third-order valence-corrected chi connectivity index (χ3v) is 6.26. The first kappa shape index (κ1) is 21.3. The van der Waals surface area contributed by atoms with Crippen molar-refractivity contribution in [2.45, 2.75) is 51.0 Å². The number of carbonyl (C=O) groups is 1. The summed E-state index contributed by atoms with van der Waals surface area (Å²) in [5.74, 6) is 0.139. The van der Waals surface area contributed by atoms with Crippen LogP contribution in [0.15, 0.2) is 54.6 Å². The van der Waals surface area contributed by atoms with E-state index in [1.54, 1.807) is 11.6 Å². The summed E-state index contributed by atoms with van der Waals surface area (Å²) in [6, 6.07) is 16.7. The third kappa shape index (κ3) is 5.43. The molecule has 1 fully saturated rings. The largest absolute Gasteiger partial charge is 0.358 e. The molecule has 1 aliphatic rings. The molecular weight excluding hydrogens is 386 g/mol. The lowest BCUT2D eigenvalue weighted by atomic mass is 9.85. The van der Waals surface area contributed by atoms with Crippen LogP contribution >= 0.6 is 0 Å². The van der Waals surface area contributed by atoms with E-state index in [1.165, 1.54) is 65.9 Å². The molecule has 0 radical (unpaired) electrons. The first-order valence-corrected chi connectivity index (χ1v) is 11.3. The van der Waals surface area contributed by atoms with Gasteiger partial charge >= 0.3 is 0 Å². The molecule has 0 unspecified atom stereocenters. The normalized spacial score (nSPS) is 15.0. The number of hydrogen-bond donors (Lipinski definition) is 4. The number of rotatable bonds is 8. The van der Waals surface area contributed by atoms with E-state index < -0.39 is 5.91 Å². The molecule has 1 aromatic heterocycles. The molecule has 5 nitrogen and oxygen atoms in total. The van der Waals surface area contributed by atoms with Crippen LogP contribution in [0.25, 0.3) is 17.0 Å². The van der Waals surface area contributed by atoms with Crippen molar-refractivity contribution in [3.63, 3.8) is 0 Å². The first-order chi connectivity index (χ1) is 15.2. The van der Waals surface area contributed by atoms with Crippen LogP contribution in [0.5, 0.6) is 0 Å². The molecule has 5 heteroatoms. The van der Waals surface area contributed by atoms with Crippen LogP contribution in [0, 0.1) is 0 Å². The number of H-pyrrole nitrogens is 1. The summed E-state index contributed by atoms with van der Waals surface area (Å²) in [6.45, 7) is 1.74. The van der Waals surface area contributed by atoms with Crippen molar-refractivity contribution in [1.29, 1.82) is 0 Å².